The van der Waals surface area contributed by atoms with Crippen molar-refractivity contribution in [3.8, 4) is 11.5 Å². The molecule has 0 unspecified atom stereocenters. The maximum absolute atomic E-state index is 12.4. The number of benzene rings is 1. The minimum absolute atomic E-state index is 0.0395. The predicted octanol–water partition coefficient (Wildman–Crippen LogP) is 3.91. The maximum atomic E-state index is 12.4. The molecule has 1 aromatic carbocycles. The predicted molar refractivity (Wildman–Crippen MR) is 89.5 cm³/mol. The van der Waals surface area contributed by atoms with Gasteiger partial charge >= 0.3 is 0 Å². The van der Waals surface area contributed by atoms with E-state index in [0.717, 1.165) is 31.2 Å². The van der Waals surface area contributed by atoms with Crippen molar-refractivity contribution < 1.29 is 19.4 Å². The van der Waals surface area contributed by atoms with Gasteiger partial charge in [-0.2, -0.15) is 0 Å². The van der Waals surface area contributed by atoms with Crippen LogP contribution in [0.25, 0.3) is 6.08 Å². The first-order valence-electron chi connectivity index (χ1n) is 8.06. The van der Waals surface area contributed by atoms with Gasteiger partial charge in [0.05, 0.1) is 13.5 Å². The lowest BCUT2D eigenvalue weighted by Crippen LogP contribution is -2.31. The highest BCUT2D eigenvalue weighted by Gasteiger charge is 2.34. The molecule has 2 rings (SSSR count). The third-order valence-electron chi connectivity index (χ3n) is 4.63. The Labute approximate surface area is 137 Å². The van der Waals surface area contributed by atoms with Gasteiger partial charge in [0.15, 0.2) is 17.3 Å². The Kier molecular flexibility index (Phi) is 5.59. The van der Waals surface area contributed by atoms with E-state index in [1.54, 1.807) is 18.2 Å². The molecular weight excluding hydrogens is 292 g/mol. The molecule has 0 heterocycles. The van der Waals surface area contributed by atoms with Crippen LogP contribution >= 0.6 is 0 Å². The molecule has 1 aromatic rings. The van der Waals surface area contributed by atoms with Crippen molar-refractivity contribution >= 4 is 17.6 Å². The second kappa shape index (κ2) is 7.44. The zero-order chi connectivity index (χ0) is 16.9. The van der Waals surface area contributed by atoms with Crippen LogP contribution in [-0.2, 0) is 9.59 Å². The van der Waals surface area contributed by atoms with Gasteiger partial charge in [-0.3, -0.25) is 9.59 Å². The number of aromatic hydroxyl groups is 1. The topological polar surface area (TPSA) is 63.6 Å². The van der Waals surface area contributed by atoms with Crippen LogP contribution in [0.4, 0.5) is 0 Å². The number of ether oxygens (including phenoxy) is 1. The van der Waals surface area contributed by atoms with Crippen molar-refractivity contribution in [2.24, 2.45) is 5.41 Å². The summed E-state index contributed by atoms with van der Waals surface area (Å²) in [6, 6.07) is 4.84. The van der Waals surface area contributed by atoms with E-state index < -0.39 is 0 Å². The van der Waals surface area contributed by atoms with Crippen LogP contribution in [-0.4, -0.2) is 23.8 Å². The Morgan fingerprint density at radius 2 is 1.96 bits per heavy atom. The quantitative estimate of drug-likeness (QED) is 0.638. The fraction of sp³-hybridized carbons (Fsp3) is 0.474. The van der Waals surface area contributed by atoms with Crippen molar-refractivity contribution in [2.75, 3.05) is 7.11 Å². The number of rotatable bonds is 6. The summed E-state index contributed by atoms with van der Waals surface area (Å²) >= 11 is 0. The minimum Gasteiger partial charge on any atom is -0.504 e. The summed E-state index contributed by atoms with van der Waals surface area (Å²) in [5, 5.41) is 9.54. The molecule has 124 valence electrons. The number of methoxy groups -OCH3 is 1. The van der Waals surface area contributed by atoms with Crippen LogP contribution in [0.3, 0.4) is 0 Å². The number of phenolic OH excluding ortho intramolecular Hbond substituents is 1. The molecule has 1 N–H and O–H groups in total. The zero-order valence-electron chi connectivity index (χ0n) is 13.8. The van der Waals surface area contributed by atoms with E-state index in [1.807, 2.05) is 6.92 Å². The number of ketones is 2. The highest BCUT2D eigenvalue weighted by atomic mass is 16.5. The van der Waals surface area contributed by atoms with Crippen LogP contribution in [0.5, 0.6) is 11.5 Å². The van der Waals surface area contributed by atoms with Crippen LogP contribution in [0.2, 0.25) is 0 Å². The van der Waals surface area contributed by atoms with Gasteiger partial charge in [-0.05, 0) is 36.6 Å². The van der Waals surface area contributed by atoms with E-state index in [0.29, 0.717) is 5.75 Å². The molecule has 0 saturated heterocycles. The molecular formula is C19H24O4. The van der Waals surface area contributed by atoms with Crippen molar-refractivity contribution in [3.63, 3.8) is 0 Å². The van der Waals surface area contributed by atoms with Gasteiger partial charge in [-0.15, -0.1) is 0 Å². The molecule has 0 aromatic heterocycles. The third kappa shape index (κ3) is 4.44. The molecule has 0 atom stereocenters. The Hall–Kier alpha value is -2.10. The van der Waals surface area contributed by atoms with Crippen molar-refractivity contribution in [3.05, 3.63) is 29.8 Å². The number of hydrogen-bond acceptors (Lipinski definition) is 4. The molecule has 0 radical (unpaired) electrons. The summed E-state index contributed by atoms with van der Waals surface area (Å²) in [6.45, 7) is 1.98. The molecule has 4 heteroatoms. The Balaban J connectivity index is 1.97. The zero-order valence-corrected chi connectivity index (χ0v) is 13.8. The molecule has 1 fully saturated rings. The standard InChI is InChI=1S/C19H24O4/c1-19(10-4-3-5-11-19)18(22)13-15(20)8-6-14-7-9-16(21)17(12-14)23-2/h6-9,12,21H,3-5,10-11,13H2,1-2H3/b8-6+. The summed E-state index contributed by atoms with van der Waals surface area (Å²) < 4.78 is 5.03. The average molecular weight is 316 g/mol. The molecule has 0 amide bonds. The molecule has 23 heavy (non-hydrogen) atoms. The number of carbonyl (C=O) groups is 2. The van der Waals surface area contributed by atoms with Gasteiger partial charge in [0.1, 0.15) is 5.78 Å². The average Bonchev–Trinajstić information content (AvgIpc) is 2.54. The van der Waals surface area contributed by atoms with Crippen molar-refractivity contribution in [1.29, 1.82) is 0 Å². The largest absolute Gasteiger partial charge is 0.504 e. The summed E-state index contributed by atoms with van der Waals surface area (Å²) in [5.74, 6) is 0.269. The summed E-state index contributed by atoms with van der Waals surface area (Å²) in [5.41, 5.74) is 0.410. The van der Waals surface area contributed by atoms with Crippen molar-refractivity contribution in [2.45, 2.75) is 45.4 Å². The Morgan fingerprint density at radius 1 is 1.26 bits per heavy atom. The van der Waals surface area contributed by atoms with Gasteiger partial charge in [0, 0.05) is 5.41 Å². The van der Waals surface area contributed by atoms with E-state index >= 15 is 0 Å². The van der Waals surface area contributed by atoms with Gasteiger partial charge < -0.3 is 9.84 Å². The van der Waals surface area contributed by atoms with Gasteiger partial charge in [-0.25, -0.2) is 0 Å². The fourth-order valence-electron chi connectivity index (χ4n) is 3.03. The van der Waals surface area contributed by atoms with E-state index in [9.17, 15) is 14.7 Å². The lowest BCUT2D eigenvalue weighted by Gasteiger charge is -2.31. The van der Waals surface area contributed by atoms with E-state index in [1.165, 1.54) is 25.7 Å². The number of carbonyl (C=O) groups excluding carboxylic acids is 2. The van der Waals surface area contributed by atoms with E-state index in [2.05, 4.69) is 0 Å². The van der Waals surface area contributed by atoms with Gasteiger partial charge in [0.25, 0.3) is 0 Å². The first-order chi connectivity index (χ1) is 10.9. The number of Topliss-reactive ketones (excluding diaryl/α,β-unsaturated/α-hetero) is 1. The number of allylic oxidation sites excluding steroid dienone is 1. The van der Waals surface area contributed by atoms with Gasteiger partial charge in [0.2, 0.25) is 0 Å². The highest BCUT2D eigenvalue weighted by Crippen LogP contribution is 2.37. The fourth-order valence-corrected chi connectivity index (χ4v) is 3.03. The second-order valence-corrected chi connectivity index (χ2v) is 6.45. The molecule has 1 aliphatic carbocycles. The van der Waals surface area contributed by atoms with Crippen LogP contribution in [0, 0.1) is 5.41 Å². The molecule has 0 bridgehead atoms. The summed E-state index contributed by atoms with van der Waals surface area (Å²) in [7, 11) is 1.47. The summed E-state index contributed by atoms with van der Waals surface area (Å²) in [4.78, 5) is 24.4. The third-order valence-corrected chi connectivity index (χ3v) is 4.63. The first kappa shape index (κ1) is 17.3. The first-order valence-corrected chi connectivity index (χ1v) is 8.06. The SMILES string of the molecule is COc1cc(/C=C/C(=O)CC(=O)C2(C)CCCCC2)ccc1O. The monoisotopic (exact) mass is 316 g/mol. The lowest BCUT2D eigenvalue weighted by atomic mass is 9.71. The molecule has 1 aliphatic rings. The summed E-state index contributed by atoms with van der Waals surface area (Å²) in [6.07, 6.45) is 8.12. The van der Waals surface area contributed by atoms with Crippen LogP contribution in [0.1, 0.15) is 51.0 Å². The minimum atomic E-state index is -0.330. The highest BCUT2D eigenvalue weighted by molar-refractivity contribution is 6.07. The smallest absolute Gasteiger partial charge is 0.163 e. The molecule has 1 saturated carbocycles. The van der Waals surface area contributed by atoms with E-state index in [4.69, 9.17) is 4.74 Å². The van der Waals surface area contributed by atoms with Crippen LogP contribution in [0.15, 0.2) is 24.3 Å². The lowest BCUT2D eigenvalue weighted by molar-refractivity contribution is -0.132. The van der Waals surface area contributed by atoms with E-state index in [-0.39, 0.29) is 29.2 Å². The molecule has 0 spiro atoms. The number of phenols is 1. The van der Waals surface area contributed by atoms with Crippen LogP contribution < -0.4 is 4.74 Å². The normalized spacial score (nSPS) is 17.1. The maximum Gasteiger partial charge on any atom is 0.163 e. The Morgan fingerprint density at radius 3 is 2.61 bits per heavy atom. The van der Waals surface area contributed by atoms with Gasteiger partial charge in [-0.1, -0.05) is 38.3 Å². The molecule has 4 nitrogen and oxygen atoms in total. The molecule has 0 aliphatic heterocycles. The Bertz CT molecular complexity index is 610. The number of hydrogen-bond donors (Lipinski definition) is 1. The second-order valence-electron chi connectivity index (χ2n) is 6.45. The van der Waals surface area contributed by atoms with Crippen molar-refractivity contribution in [1.82, 2.24) is 0 Å².